The zero-order valence-corrected chi connectivity index (χ0v) is 19.0. The van der Waals surface area contributed by atoms with Gasteiger partial charge in [-0.15, -0.1) is 0 Å². The van der Waals surface area contributed by atoms with Crippen LogP contribution in [0, 0.1) is 0 Å². The Kier molecular flexibility index (Phi) is 5.25. The molecule has 1 aromatic heterocycles. The molecule has 3 aromatic rings. The molecule has 0 saturated carbocycles. The third-order valence-corrected chi connectivity index (χ3v) is 6.48. The summed E-state index contributed by atoms with van der Waals surface area (Å²) in [6, 6.07) is 16.6. The number of benzene rings is 2. The van der Waals surface area contributed by atoms with Gasteiger partial charge in [0.05, 0.1) is 17.4 Å². The minimum atomic E-state index is -0.199. The SMILES string of the molecule is CC(C)(C)c1cc(NC(=O)N[C@H]2CCc3ccccc32)n(-c2ccc3c(c2)CCNC3)n1. The first kappa shape index (κ1) is 20.8. The van der Waals surface area contributed by atoms with Crippen LogP contribution in [0.3, 0.4) is 0 Å². The quantitative estimate of drug-likeness (QED) is 0.569. The second-order valence-electron chi connectivity index (χ2n) is 9.84. The molecule has 0 saturated heterocycles. The Balaban J connectivity index is 1.42. The fourth-order valence-electron chi connectivity index (χ4n) is 4.65. The van der Waals surface area contributed by atoms with Gasteiger partial charge in [0.25, 0.3) is 0 Å². The predicted octanol–water partition coefficient (Wildman–Crippen LogP) is 4.62. The number of nitrogens with one attached hydrogen (secondary N) is 3. The summed E-state index contributed by atoms with van der Waals surface area (Å²) in [5, 5.41) is 14.5. The molecular formula is C26H31N5O. The summed E-state index contributed by atoms with van der Waals surface area (Å²) in [4.78, 5) is 13.0. The third-order valence-electron chi connectivity index (χ3n) is 6.48. The number of carbonyl (C=O) groups excluding carboxylic acids is 1. The van der Waals surface area contributed by atoms with Crippen LogP contribution >= 0.6 is 0 Å². The summed E-state index contributed by atoms with van der Waals surface area (Å²) in [5.41, 5.74) is 7.00. The number of hydrogen-bond donors (Lipinski definition) is 3. The molecule has 0 radical (unpaired) electrons. The standard InChI is InChI=1S/C26H31N5O/c1-26(2,3)23-15-24(29-25(32)28-22-11-9-17-6-4-5-7-21(17)22)31(30-23)20-10-8-19-16-27-13-12-18(19)14-20/h4-8,10,14-15,22,27H,9,11-13,16H2,1-3H3,(H2,28,29,32)/t22-/m0/s1. The largest absolute Gasteiger partial charge is 0.331 e. The molecule has 1 aliphatic carbocycles. The fraction of sp³-hybridized carbons (Fsp3) is 0.385. The summed E-state index contributed by atoms with van der Waals surface area (Å²) in [5.74, 6) is 0.688. The van der Waals surface area contributed by atoms with Crippen LogP contribution < -0.4 is 16.0 Å². The number of urea groups is 1. The van der Waals surface area contributed by atoms with Crippen LogP contribution in [0.4, 0.5) is 10.6 Å². The van der Waals surface area contributed by atoms with Crippen LogP contribution in [0.25, 0.3) is 5.69 Å². The van der Waals surface area contributed by atoms with Gasteiger partial charge in [-0.2, -0.15) is 5.10 Å². The Labute approximate surface area is 189 Å². The summed E-state index contributed by atoms with van der Waals surface area (Å²) in [6.45, 7) is 8.30. The van der Waals surface area contributed by atoms with Crippen LogP contribution in [0.1, 0.15) is 61.2 Å². The first-order chi connectivity index (χ1) is 15.4. The lowest BCUT2D eigenvalue weighted by atomic mass is 9.92. The van der Waals surface area contributed by atoms with Gasteiger partial charge in [-0.1, -0.05) is 51.1 Å². The van der Waals surface area contributed by atoms with Gasteiger partial charge in [0.1, 0.15) is 5.82 Å². The highest BCUT2D eigenvalue weighted by Gasteiger charge is 2.25. The zero-order valence-electron chi connectivity index (χ0n) is 19.0. The average Bonchev–Trinajstić information content (AvgIpc) is 3.38. The van der Waals surface area contributed by atoms with E-state index < -0.39 is 0 Å². The Morgan fingerprint density at radius 1 is 1.06 bits per heavy atom. The van der Waals surface area contributed by atoms with Crippen molar-refractivity contribution < 1.29 is 4.79 Å². The van der Waals surface area contributed by atoms with E-state index in [2.05, 4.69) is 73.1 Å². The molecule has 2 heterocycles. The lowest BCUT2D eigenvalue weighted by Gasteiger charge is -2.19. The van der Waals surface area contributed by atoms with E-state index in [4.69, 9.17) is 5.10 Å². The van der Waals surface area contributed by atoms with Gasteiger partial charge < -0.3 is 10.6 Å². The molecule has 2 amide bonds. The molecule has 3 N–H and O–H groups in total. The number of fused-ring (bicyclic) bond motifs is 2. The smallest absolute Gasteiger partial charge is 0.320 e. The molecule has 0 bridgehead atoms. The van der Waals surface area contributed by atoms with Crippen LogP contribution in [-0.2, 0) is 24.8 Å². The predicted molar refractivity (Wildman–Crippen MR) is 127 cm³/mol. The van der Waals surface area contributed by atoms with Crippen LogP contribution in [0.15, 0.2) is 48.5 Å². The minimum absolute atomic E-state index is 0.0425. The molecule has 1 atom stereocenters. The molecule has 1 aliphatic heterocycles. The lowest BCUT2D eigenvalue weighted by molar-refractivity contribution is 0.248. The molecular weight excluding hydrogens is 398 g/mol. The highest BCUT2D eigenvalue weighted by atomic mass is 16.2. The molecule has 0 fully saturated rings. The van der Waals surface area contributed by atoms with Crippen molar-refractivity contribution in [2.24, 2.45) is 0 Å². The highest BCUT2D eigenvalue weighted by Crippen LogP contribution is 2.31. The molecule has 6 heteroatoms. The Bertz CT molecular complexity index is 1160. The summed E-state index contributed by atoms with van der Waals surface area (Å²) in [6.07, 6.45) is 2.93. The maximum atomic E-state index is 13.0. The van der Waals surface area contributed by atoms with Crippen molar-refractivity contribution in [2.45, 2.75) is 58.0 Å². The van der Waals surface area contributed by atoms with Crippen LogP contribution in [0.2, 0.25) is 0 Å². The van der Waals surface area contributed by atoms with E-state index in [1.807, 2.05) is 16.8 Å². The normalized spacial score (nSPS) is 17.5. The molecule has 6 nitrogen and oxygen atoms in total. The molecule has 0 unspecified atom stereocenters. The van der Waals surface area contributed by atoms with E-state index in [-0.39, 0.29) is 17.5 Å². The second-order valence-corrected chi connectivity index (χ2v) is 9.84. The maximum Gasteiger partial charge on any atom is 0.320 e. The second kappa shape index (κ2) is 8.10. The van der Waals surface area contributed by atoms with Gasteiger partial charge in [-0.05, 0) is 60.2 Å². The summed E-state index contributed by atoms with van der Waals surface area (Å²) in [7, 11) is 0. The van der Waals surface area contributed by atoms with Crippen molar-refractivity contribution >= 4 is 11.8 Å². The lowest BCUT2D eigenvalue weighted by Crippen LogP contribution is -2.32. The van der Waals surface area contributed by atoms with Gasteiger partial charge >= 0.3 is 6.03 Å². The number of amides is 2. The third kappa shape index (κ3) is 4.02. The van der Waals surface area contributed by atoms with Crippen molar-refractivity contribution in [2.75, 3.05) is 11.9 Å². The van der Waals surface area contributed by atoms with E-state index in [1.165, 1.54) is 22.3 Å². The van der Waals surface area contributed by atoms with Gasteiger partial charge in [0.2, 0.25) is 0 Å². The zero-order chi connectivity index (χ0) is 22.3. The maximum absolute atomic E-state index is 13.0. The van der Waals surface area contributed by atoms with Gasteiger partial charge in [-0.25, -0.2) is 9.48 Å². The summed E-state index contributed by atoms with van der Waals surface area (Å²) >= 11 is 0. The Morgan fingerprint density at radius 2 is 1.91 bits per heavy atom. The first-order valence-corrected chi connectivity index (χ1v) is 11.5. The van der Waals surface area contributed by atoms with Gasteiger partial charge in [0, 0.05) is 18.0 Å². The van der Waals surface area contributed by atoms with Crippen molar-refractivity contribution in [3.05, 3.63) is 76.5 Å². The molecule has 2 aromatic carbocycles. The number of aromatic nitrogens is 2. The Hall–Kier alpha value is -3.12. The van der Waals surface area contributed by atoms with Crippen molar-refractivity contribution in [3.8, 4) is 5.69 Å². The Morgan fingerprint density at radius 3 is 2.75 bits per heavy atom. The minimum Gasteiger partial charge on any atom is -0.331 e. The monoisotopic (exact) mass is 429 g/mol. The fourth-order valence-corrected chi connectivity index (χ4v) is 4.65. The topological polar surface area (TPSA) is 71.0 Å². The number of nitrogens with zero attached hydrogens (tertiary/aromatic N) is 2. The molecule has 2 aliphatic rings. The van der Waals surface area contributed by atoms with Crippen LogP contribution in [0.5, 0.6) is 0 Å². The molecule has 32 heavy (non-hydrogen) atoms. The van der Waals surface area contributed by atoms with Crippen molar-refractivity contribution in [3.63, 3.8) is 0 Å². The number of rotatable bonds is 3. The van der Waals surface area contributed by atoms with E-state index in [1.54, 1.807) is 0 Å². The molecule has 166 valence electrons. The number of hydrogen-bond acceptors (Lipinski definition) is 3. The van der Waals surface area contributed by atoms with Gasteiger partial charge in [0.15, 0.2) is 0 Å². The molecule has 0 spiro atoms. The number of aryl methyl sites for hydroxylation is 1. The van der Waals surface area contributed by atoms with E-state index in [9.17, 15) is 4.79 Å². The van der Waals surface area contributed by atoms with Gasteiger partial charge in [-0.3, -0.25) is 5.32 Å². The van der Waals surface area contributed by atoms with E-state index in [0.29, 0.717) is 5.82 Å². The number of anilines is 1. The molecule has 5 rings (SSSR count). The van der Waals surface area contributed by atoms with Crippen LogP contribution in [-0.4, -0.2) is 22.4 Å². The average molecular weight is 430 g/mol. The van der Waals surface area contributed by atoms with Crippen molar-refractivity contribution in [1.29, 1.82) is 0 Å². The van der Waals surface area contributed by atoms with E-state index >= 15 is 0 Å². The first-order valence-electron chi connectivity index (χ1n) is 11.5. The van der Waals surface area contributed by atoms with E-state index in [0.717, 1.165) is 43.7 Å². The summed E-state index contributed by atoms with van der Waals surface area (Å²) < 4.78 is 1.87. The number of carbonyl (C=O) groups is 1. The highest BCUT2D eigenvalue weighted by molar-refractivity contribution is 5.89. The van der Waals surface area contributed by atoms with Crippen molar-refractivity contribution in [1.82, 2.24) is 20.4 Å².